The molecule has 0 spiro atoms. The third-order valence-electron chi connectivity index (χ3n) is 3.33. The second-order valence-corrected chi connectivity index (χ2v) is 6.11. The van der Waals surface area contributed by atoms with Crippen molar-refractivity contribution >= 4 is 39.1 Å². The minimum absolute atomic E-state index is 0.147. The number of nitrogens with one attached hydrogen (secondary N) is 1. The first-order valence-electron chi connectivity index (χ1n) is 6.52. The third kappa shape index (κ3) is 3.63. The summed E-state index contributed by atoms with van der Waals surface area (Å²) in [6.07, 6.45) is 2.28. The van der Waals surface area contributed by atoms with E-state index in [1.165, 1.54) is 0 Å². The number of amides is 1. The van der Waals surface area contributed by atoms with Gasteiger partial charge in [-0.25, -0.2) is 0 Å². The van der Waals surface area contributed by atoms with Crippen LogP contribution in [0.25, 0.3) is 0 Å². The number of aryl methyl sites for hydroxylation is 1. The summed E-state index contributed by atoms with van der Waals surface area (Å²) in [7, 11) is 0. The van der Waals surface area contributed by atoms with Gasteiger partial charge in [0.1, 0.15) is 0 Å². The van der Waals surface area contributed by atoms with E-state index in [9.17, 15) is 4.79 Å². The lowest BCUT2D eigenvalue weighted by atomic mass is 10.2. The molecule has 0 bridgehead atoms. The first-order valence-corrected chi connectivity index (χ1v) is 7.69. The molecule has 0 atom stereocenters. The molecule has 1 fully saturated rings. The van der Waals surface area contributed by atoms with Gasteiger partial charge in [-0.2, -0.15) is 0 Å². The van der Waals surface area contributed by atoms with Gasteiger partial charge in [0.2, 0.25) is 5.91 Å². The van der Waals surface area contributed by atoms with E-state index in [1.807, 2.05) is 30.9 Å². The number of hydrogen-bond donors (Lipinski definition) is 1. The molecule has 1 amide bonds. The molecule has 0 radical (unpaired) electrons. The monoisotopic (exact) mass is 344 g/mol. The normalized spacial score (nSPS) is 14.3. The minimum atomic E-state index is 0.147. The van der Waals surface area contributed by atoms with Crippen molar-refractivity contribution in [3.05, 3.63) is 27.2 Å². The van der Waals surface area contributed by atoms with Gasteiger partial charge in [0.05, 0.1) is 12.2 Å². The van der Waals surface area contributed by atoms with Crippen LogP contribution in [0.1, 0.15) is 25.3 Å². The Morgan fingerprint density at radius 1 is 1.53 bits per heavy atom. The maximum atomic E-state index is 12.1. The standard InChI is InChI=1S/C14H18BrClN2O/c1-3-18(10-4-5-10)14(19)8-17-13-7-12(16)9(2)6-11(13)15/h6-7,10,17H,3-5,8H2,1-2H3. The van der Waals surface area contributed by atoms with E-state index in [2.05, 4.69) is 21.2 Å². The maximum Gasteiger partial charge on any atom is 0.242 e. The molecule has 2 rings (SSSR count). The van der Waals surface area contributed by atoms with E-state index in [1.54, 1.807) is 0 Å². The molecular weight excluding hydrogens is 328 g/mol. The average molecular weight is 346 g/mol. The highest BCUT2D eigenvalue weighted by molar-refractivity contribution is 9.10. The number of nitrogens with zero attached hydrogens (tertiary/aromatic N) is 1. The van der Waals surface area contributed by atoms with Crippen LogP contribution in [0.15, 0.2) is 16.6 Å². The highest BCUT2D eigenvalue weighted by Crippen LogP contribution is 2.30. The van der Waals surface area contributed by atoms with Gasteiger partial charge in [0, 0.05) is 22.1 Å². The second kappa shape index (κ2) is 6.14. The Kier molecular flexibility index (Phi) is 4.74. The second-order valence-electron chi connectivity index (χ2n) is 4.85. The first kappa shape index (κ1) is 14.7. The summed E-state index contributed by atoms with van der Waals surface area (Å²) in [5, 5.41) is 3.86. The molecule has 0 aliphatic heterocycles. The largest absolute Gasteiger partial charge is 0.375 e. The number of rotatable bonds is 5. The quantitative estimate of drug-likeness (QED) is 0.879. The van der Waals surface area contributed by atoms with Gasteiger partial charge in [-0.1, -0.05) is 11.6 Å². The van der Waals surface area contributed by atoms with Crippen LogP contribution in [0.3, 0.4) is 0 Å². The molecular formula is C14H18BrClN2O. The van der Waals surface area contributed by atoms with Crippen molar-refractivity contribution < 1.29 is 4.79 Å². The van der Waals surface area contributed by atoms with Crippen LogP contribution < -0.4 is 5.32 Å². The number of halogens is 2. The number of carbonyl (C=O) groups excluding carboxylic acids is 1. The molecule has 1 aliphatic carbocycles. The van der Waals surface area contributed by atoms with E-state index in [0.29, 0.717) is 17.6 Å². The number of hydrogen-bond acceptors (Lipinski definition) is 2. The lowest BCUT2D eigenvalue weighted by Crippen LogP contribution is -2.37. The van der Waals surface area contributed by atoms with E-state index in [4.69, 9.17) is 11.6 Å². The molecule has 1 N–H and O–H groups in total. The van der Waals surface area contributed by atoms with Crippen molar-refractivity contribution in [3.63, 3.8) is 0 Å². The van der Waals surface area contributed by atoms with E-state index >= 15 is 0 Å². The summed E-state index contributed by atoms with van der Waals surface area (Å²) in [5.74, 6) is 0.147. The van der Waals surface area contributed by atoms with Gasteiger partial charge in [-0.3, -0.25) is 4.79 Å². The van der Waals surface area contributed by atoms with Crippen LogP contribution in [-0.4, -0.2) is 29.9 Å². The maximum absolute atomic E-state index is 12.1. The van der Waals surface area contributed by atoms with Gasteiger partial charge in [0.25, 0.3) is 0 Å². The first-order chi connectivity index (χ1) is 9.02. The van der Waals surface area contributed by atoms with Crippen LogP contribution >= 0.6 is 27.5 Å². The van der Waals surface area contributed by atoms with Crippen LogP contribution in [0.4, 0.5) is 5.69 Å². The summed E-state index contributed by atoms with van der Waals surface area (Å²) in [4.78, 5) is 14.0. The summed E-state index contributed by atoms with van der Waals surface area (Å²) < 4.78 is 0.927. The molecule has 19 heavy (non-hydrogen) atoms. The smallest absolute Gasteiger partial charge is 0.242 e. The fourth-order valence-electron chi connectivity index (χ4n) is 2.08. The Hall–Kier alpha value is -0.740. The molecule has 104 valence electrons. The van der Waals surface area contributed by atoms with Crippen LogP contribution in [0, 0.1) is 6.92 Å². The Labute approximate surface area is 127 Å². The molecule has 0 unspecified atom stereocenters. The number of carbonyl (C=O) groups is 1. The SMILES string of the molecule is CCN(C(=O)CNc1cc(Cl)c(C)cc1Br)C1CC1. The zero-order chi connectivity index (χ0) is 14.0. The van der Waals surface area contributed by atoms with Crippen LogP contribution in [0.2, 0.25) is 5.02 Å². The van der Waals surface area contributed by atoms with Crippen LogP contribution in [0.5, 0.6) is 0 Å². The van der Waals surface area contributed by atoms with Crippen molar-refractivity contribution in [1.29, 1.82) is 0 Å². The summed E-state index contributed by atoms with van der Waals surface area (Å²) in [6.45, 7) is 5.06. The topological polar surface area (TPSA) is 32.3 Å². The van der Waals surface area contributed by atoms with E-state index in [0.717, 1.165) is 35.1 Å². The van der Waals surface area contributed by atoms with Gasteiger partial charge in [-0.15, -0.1) is 0 Å². The fourth-order valence-corrected chi connectivity index (χ4v) is 2.84. The molecule has 1 aromatic rings. The zero-order valence-electron chi connectivity index (χ0n) is 11.2. The summed E-state index contributed by atoms with van der Waals surface area (Å²) in [5.41, 5.74) is 1.87. The highest BCUT2D eigenvalue weighted by atomic mass is 79.9. The Bertz CT molecular complexity index is 489. The van der Waals surface area contributed by atoms with Gasteiger partial charge in [0.15, 0.2) is 0 Å². The predicted octanol–water partition coefficient (Wildman–Crippen LogP) is 3.83. The van der Waals surface area contributed by atoms with Crippen molar-refractivity contribution in [3.8, 4) is 0 Å². The fraction of sp³-hybridized carbons (Fsp3) is 0.500. The minimum Gasteiger partial charge on any atom is -0.375 e. The molecule has 3 nitrogen and oxygen atoms in total. The van der Waals surface area contributed by atoms with Gasteiger partial charge < -0.3 is 10.2 Å². The molecule has 1 aliphatic rings. The number of likely N-dealkylation sites (N-methyl/N-ethyl adjacent to an activating group) is 1. The lowest BCUT2D eigenvalue weighted by molar-refractivity contribution is -0.129. The predicted molar refractivity (Wildman–Crippen MR) is 82.8 cm³/mol. The molecule has 1 aromatic carbocycles. The molecule has 0 aromatic heterocycles. The van der Waals surface area contributed by atoms with E-state index in [-0.39, 0.29) is 5.91 Å². The lowest BCUT2D eigenvalue weighted by Gasteiger charge is -2.21. The van der Waals surface area contributed by atoms with Crippen LogP contribution in [-0.2, 0) is 4.79 Å². The van der Waals surface area contributed by atoms with Crippen molar-refractivity contribution in [2.24, 2.45) is 0 Å². The average Bonchev–Trinajstić information content (AvgIpc) is 3.17. The van der Waals surface area contributed by atoms with Gasteiger partial charge >= 0.3 is 0 Å². The number of anilines is 1. The van der Waals surface area contributed by atoms with Crippen molar-refractivity contribution in [2.45, 2.75) is 32.7 Å². The Balaban J connectivity index is 1.98. The summed E-state index contributed by atoms with van der Waals surface area (Å²) >= 11 is 9.58. The highest BCUT2D eigenvalue weighted by Gasteiger charge is 2.30. The Morgan fingerprint density at radius 2 is 2.21 bits per heavy atom. The third-order valence-corrected chi connectivity index (χ3v) is 4.39. The zero-order valence-corrected chi connectivity index (χ0v) is 13.5. The van der Waals surface area contributed by atoms with Crippen molar-refractivity contribution in [2.75, 3.05) is 18.4 Å². The molecule has 0 saturated heterocycles. The van der Waals surface area contributed by atoms with E-state index < -0.39 is 0 Å². The molecule has 5 heteroatoms. The molecule has 0 heterocycles. The van der Waals surface area contributed by atoms with Gasteiger partial charge in [-0.05, 0) is 60.3 Å². The van der Waals surface area contributed by atoms with Crippen molar-refractivity contribution in [1.82, 2.24) is 4.90 Å². The number of benzene rings is 1. The Morgan fingerprint density at radius 3 is 2.79 bits per heavy atom. The summed E-state index contributed by atoms with van der Waals surface area (Å²) in [6, 6.07) is 4.26. The molecule has 1 saturated carbocycles.